The van der Waals surface area contributed by atoms with E-state index in [1.54, 1.807) is 34.7 Å². The first-order chi connectivity index (χ1) is 12.9. The van der Waals surface area contributed by atoms with Gasteiger partial charge in [0.25, 0.3) is 0 Å². The number of anilines is 2. The zero-order chi connectivity index (χ0) is 19.4. The molecule has 0 aliphatic carbocycles. The average Bonchev–Trinajstić information content (AvgIpc) is 3.12. The molecule has 3 rings (SSSR count). The van der Waals surface area contributed by atoms with Gasteiger partial charge in [0.1, 0.15) is 4.21 Å². The molecule has 0 radical (unpaired) electrons. The lowest BCUT2D eigenvalue weighted by molar-refractivity contribution is 0.0578. The van der Waals surface area contributed by atoms with E-state index in [2.05, 4.69) is 38.4 Å². The lowest BCUT2D eigenvalue weighted by Gasteiger charge is -2.37. The summed E-state index contributed by atoms with van der Waals surface area (Å²) in [6.45, 7) is 4.33. The van der Waals surface area contributed by atoms with Crippen LogP contribution in [0.3, 0.4) is 0 Å². The standard InChI is InChI=1S/C16H24N6O2S3/c1-11(4-17-15-18-6-13(25-2)7-19-15)5-20-16-21-8-14(26-16)27(3,24)22-9-12(23)10-22/h6-8,11-12,23H,3-5,9-10H2,1-2H3,(H,20,21)(H,17,18,19)/t11-,27?/m0/s1. The van der Waals surface area contributed by atoms with Crippen LogP contribution in [-0.2, 0) is 9.71 Å². The lowest BCUT2D eigenvalue weighted by atomic mass is 10.2. The van der Waals surface area contributed by atoms with E-state index in [9.17, 15) is 9.32 Å². The number of thiazole rings is 1. The molecule has 148 valence electrons. The van der Waals surface area contributed by atoms with E-state index in [0.717, 1.165) is 16.6 Å². The fourth-order valence-corrected chi connectivity index (χ4v) is 5.63. The molecule has 2 atom stereocenters. The summed E-state index contributed by atoms with van der Waals surface area (Å²) < 4.78 is 15.1. The van der Waals surface area contributed by atoms with Crippen molar-refractivity contribution in [3.8, 4) is 0 Å². The van der Waals surface area contributed by atoms with Crippen LogP contribution in [0.1, 0.15) is 6.92 Å². The summed E-state index contributed by atoms with van der Waals surface area (Å²) >= 11 is 2.96. The topological polar surface area (TPSA) is 103 Å². The molecule has 8 nitrogen and oxygen atoms in total. The SMILES string of the molecule is C=S(=O)(c1cnc(NC[C@@H](C)CNc2ncc(SC)cn2)s1)N1CC(O)C1. The van der Waals surface area contributed by atoms with Crippen molar-refractivity contribution in [1.82, 2.24) is 19.3 Å². The van der Waals surface area contributed by atoms with Gasteiger partial charge >= 0.3 is 0 Å². The first kappa shape index (κ1) is 20.3. The second kappa shape index (κ2) is 8.74. The van der Waals surface area contributed by atoms with Crippen molar-refractivity contribution < 1.29 is 9.32 Å². The molecule has 2 aromatic rings. The van der Waals surface area contributed by atoms with Crippen LogP contribution < -0.4 is 10.6 Å². The monoisotopic (exact) mass is 428 g/mol. The van der Waals surface area contributed by atoms with Crippen LogP contribution in [0, 0.1) is 5.92 Å². The number of aromatic nitrogens is 3. The summed E-state index contributed by atoms with van der Waals surface area (Å²) in [5.74, 6) is 4.77. The molecule has 11 heteroatoms. The van der Waals surface area contributed by atoms with E-state index in [0.29, 0.717) is 35.7 Å². The minimum absolute atomic E-state index is 0.316. The van der Waals surface area contributed by atoms with Crippen molar-refractivity contribution in [3.05, 3.63) is 18.6 Å². The van der Waals surface area contributed by atoms with Crippen molar-refractivity contribution in [2.75, 3.05) is 43.1 Å². The Labute approximate surface area is 168 Å². The third kappa shape index (κ3) is 5.11. The molecular formula is C16H24N6O2S3. The van der Waals surface area contributed by atoms with E-state index < -0.39 is 15.8 Å². The average molecular weight is 429 g/mol. The highest BCUT2D eigenvalue weighted by Crippen LogP contribution is 2.28. The highest BCUT2D eigenvalue weighted by atomic mass is 32.2. The predicted molar refractivity (Wildman–Crippen MR) is 113 cm³/mol. The lowest BCUT2D eigenvalue weighted by Crippen LogP contribution is -2.53. The van der Waals surface area contributed by atoms with E-state index in [1.807, 2.05) is 6.26 Å². The van der Waals surface area contributed by atoms with Gasteiger partial charge in [-0.15, -0.1) is 11.8 Å². The maximum absolute atomic E-state index is 12.8. The Balaban J connectivity index is 1.46. The van der Waals surface area contributed by atoms with Gasteiger partial charge in [-0.05, 0) is 18.0 Å². The summed E-state index contributed by atoms with van der Waals surface area (Å²) in [4.78, 5) is 13.9. The smallest absolute Gasteiger partial charge is 0.222 e. The quantitative estimate of drug-likeness (QED) is 0.408. The van der Waals surface area contributed by atoms with Crippen molar-refractivity contribution in [2.24, 2.45) is 5.92 Å². The minimum Gasteiger partial charge on any atom is -0.390 e. The molecule has 1 aliphatic heterocycles. The molecule has 0 aromatic carbocycles. The number of aliphatic hydroxyl groups is 1. The molecule has 2 aromatic heterocycles. The van der Waals surface area contributed by atoms with Gasteiger partial charge in [0, 0.05) is 43.5 Å². The largest absolute Gasteiger partial charge is 0.390 e. The Kier molecular flexibility index (Phi) is 6.58. The number of hydrogen-bond acceptors (Lipinski definition) is 9. The van der Waals surface area contributed by atoms with Gasteiger partial charge in [0.05, 0.1) is 22.0 Å². The molecule has 1 fully saturated rings. The van der Waals surface area contributed by atoms with E-state index >= 15 is 0 Å². The summed E-state index contributed by atoms with van der Waals surface area (Å²) in [7, 11) is -2.55. The number of nitrogens with one attached hydrogen (secondary N) is 2. The van der Waals surface area contributed by atoms with Gasteiger partial charge in [-0.1, -0.05) is 18.3 Å². The summed E-state index contributed by atoms with van der Waals surface area (Å²) in [6.07, 6.45) is 6.79. The van der Waals surface area contributed by atoms with E-state index in [1.165, 1.54) is 11.3 Å². The third-order valence-electron chi connectivity index (χ3n) is 4.12. The molecule has 1 aliphatic rings. The minimum atomic E-state index is -2.55. The molecule has 3 N–H and O–H groups in total. The molecule has 0 spiro atoms. The number of aliphatic hydroxyl groups excluding tert-OH is 1. The second-order valence-corrected chi connectivity index (χ2v) is 10.8. The molecule has 0 bridgehead atoms. The summed E-state index contributed by atoms with van der Waals surface area (Å²) in [5, 5.41) is 16.6. The number of hydrogen-bond donors (Lipinski definition) is 3. The molecule has 1 saturated heterocycles. The van der Waals surface area contributed by atoms with Crippen molar-refractivity contribution >= 4 is 49.8 Å². The van der Waals surface area contributed by atoms with Crippen molar-refractivity contribution in [2.45, 2.75) is 22.1 Å². The number of thioether (sulfide) groups is 1. The van der Waals surface area contributed by atoms with Crippen molar-refractivity contribution in [1.29, 1.82) is 0 Å². The highest BCUT2D eigenvalue weighted by Gasteiger charge is 2.32. The van der Waals surface area contributed by atoms with E-state index in [-0.39, 0.29) is 0 Å². The van der Waals surface area contributed by atoms with Gasteiger partial charge in [-0.25, -0.2) is 23.5 Å². The fourth-order valence-electron chi connectivity index (χ4n) is 2.39. The maximum Gasteiger partial charge on any atom is 0.222 e. The van der Waals surface area contributed by atoms with Crippen LogP contribution >= 0.6 is 23.1 Å². The van der Waals surface area contributed by atoms with Crippen LogP contribution in [0.4, 0.5) is 11.1 Å². The Hall–Kier alpha value is -1.40. The Bertz CT molecular complexity index is 849. The van der Waals surface area contributed by atoms with Crippen LogP contribution in [0.2, 0.25) is 0 Å². The highest BCUT2D eigenvalue weighted by molar-refractivity contribution is 8.00. The first-order valence-electron chi connectivity index (χ1n) is 8.48. The van der Waals surface area contributed by atoms with Crippen LogP contribution in [0.25, 0.3) is 0 Å². The third-order valence-corrected chi connectivity index (χ3v) is 8.45. The molecular weight excluding hydrogens is 404 g/mol. The second-order valence-electron chi connectivity index (χ2n) is 6.44. The van der Waals surface area contributed by atoms with E-state index in [4.69, 9.17) is 0 Å². The van der Waals surface area contributed by atoms with Crippen LogP contribution in [0.5, 0.6) is 0 Å². The molecule has 27 heavy (non-hydrogen) atoms. The number of rotatable bonds is 9. The van der Waals surface area contributed by atoms with Crippen LogP contribution in [-0.4, -0.2) is 73.0 Å². The van der Waals surface area contributed by atoms with Gasteiger partial charge in [-0.2, -0.15) is 0 Å². The first-order valence-corrected chi connectivity index (χ1v) is 12.2. The van der Waals surface area contributed by atoms with Gasteiger partial charge in [0.2, 0.25) is 5.95 Å². The molecule has 1 unspecified atom stereocenters. The van der Waals surface area contributed by atoms with Crippen LogP contribution in [0.15, 0.2) is 27.7 Å². The Morgan fingerprint density at radius 2 is 2.00 bits per heavy atom. The molecule has 0 saturated carbocycles. The Morgan fingerprint density at radius 3 is 2.63 bits per heavy atom. The Morgan fingerprint density at radius 1 is 1.33 bits per heavy atom. The zero-order valence-corrected chi connectivity index (χ0v) is 17.7. The summed E-state index contributed by atoms with van der Waals surface area (Å²) in [6, 6.07) is 0. The maximum atomic E-state index is 12.8. The van der Waals surface area contributed by atoms with Gasteiger partial charge < -0.3 is 15.7 Å². The predicted octanol–water partition coefficient (Wildman–Crippen LogP) is 1.48. The zero-order valence-electron chi connectivity index (χ0n) is 15.3. The normalized spacial score (nSPS) is 18.5. The number of β-amino-alcohol motifs (C(OH)–C–C–N with tert-alkyl or cyclic N) is 1. The summed E-state index contributed by atoms with van der Waals surface area (Å²) in [5.41, 5.74) is 0. The molecule has 0 amide bonds. The van der Waals surface area contributed by atoms with Gasteiger partial charge in [0.15, 0.2) is 5.13 Å². The van der Waals surface area contributed by atoms with Gasteiger partial charge in [-0.3, -0.25) is 0 Å². The fraction of sp³-hybridized carbons (Fsp3) is 0.500. The molecule has 3 heterocycles. The van der Waals surface area contributed by atoms with Crippen molar-refractivity contribution in [3.63, 3.8) is 0 Å². The number of nitrogens with zero attached hydrogens (tertiary/aromatic N) is 4.